The molecule has 2 aromatic carbocycles. The van der Waals surface area contributed by atoms with Crippen molar-refractivity contribution >= 4 is 34.4 Å². The first-order valence-electron chi connectivity index (χ1n) is 10.9. The number of imide groups is 1. The zero-order chi connectivity index (χ0) is 22.5. The predicted molar refractivity (Wildman–Crippen MR) is 129 cm³/mol. The Hall–Kier alpha value is -3.18. The van der Waals surface area contributed by atoms with Crippen LogP contribution in [-0.2, 0) is 28.0 Å². The van der Waals surface area contributed by atoms with Gasteiger partial charge < -0.3 is 4.90 Å². The Bertz CT molecular complexity index is 1220. The monoisotopic (exact) mass is 442 g/mol. The normalized spacial score (nSPS) is 16.7. The van der Waals surface area contributed by atoms with Gasteiger partial charge in [0.25, 0.3) is 11.8 Å². The van der Waals surface area contributed by atoms with Crippen molar-refractivity contribution in [3.8, 4) is 0 Å². The molecule has 0 radical (unpaired) electrons. The van der Waals surface area contributed by atoms with Gasteiger partial charge in [0.1, 0.15) is 5.70 Å². The van der Waals surface area contributed by atoms with Gasteiger partial charge in [-0.25, -0.2) is 4.90 Å². The van der Waals surface area contributed by atoms with Crippen LogP contribution in [0.3, 0.4) is 0 Å². The van der Waals surface area contributed by atoms with Crippen LogP contribution in [0, 0.1) is 0 Å². The maximum absolute atomic E-state index is 13.7. The van der Waals surface area contributed by atoms with Gasteiger partial charge in [0.05, 0.1) is 11.3 Å². The molecule has 5 heteroatoms. The lowest BCUT2D eigenvalue weighted by Gasteiger charge is -2.31. The average Bonchev–Trinajstić information content (AvgIpc) is 3.39. The minimum absolute atomic E-state index is 0.00425. The Labute approximate surface area is 192 Å². The highest BCUT2D eigenvalue weighted by Crippen LogP contribution is 2.38. The lowest BCUT2D eigenvalue weighted by molar-refractivity contribution is -0.120. The highest BCUT2D eigenvalue weighted by Gasteiger charge is 2.43. The summed E-state index contributed by atoms with van der Waals surface area (Å²) in [5.41, 5.74) is 5.35. The molecule has 0 bridgehead atoms. The number of rotatable bonds is 3. The Morgan fingerprint density at radius 2 is 1.56 bits per heavy atom. The lowest BCUT2D eigenvalue weighted by Crippen LogP contribution is -2.37. The van der Waals surface area contributed by atoms with E-state index in [-0.39, 0.29) is 17.2 Å². The van der Waals surface area contributed by atoms with E-state index in [0.717, 1.165) is 17.8 Å². The summed E-state index contributed by atoms with van der Waals surface area (Å²) in [5.74, 6) is -0.476. The van der Waals surface area contributed by atoms with Crippen molar-refractivity contribution in [3.63, 3.8) is 0 Å². The summed E-state index contributed by atoms with van der Waals surface area (Å²) in [6.45, 7) is 7.80. The Balaban J connectivity index is 1.55. The van der Waals surface area contributed by atoms with Gasteiger partial charge in [0.2, 0.25) is 0 Å². The molecule has 5 rings (SSSR count). The van der Waals surface area contributed by atoms with Crippen molar-refractivity contribution < 1.29 is 9.59 Å². The predicted octanol–water partition coefficient (Wildman–Crippen LogP) is 5.39. The Morgan fingerprint density at radius 1 is 0.844 bits per heavy atom. The highest BCUT2D eigenvalue weighted by molar-refractivity contribution is 7.11. The molecule has 0 spiro atoms. The van der Waals surface area contributed by atoms with E-state index in [1.165, 1.54) is 32.9 Å². The van der Waals surface area contributed by atoms with Crippen LogP contribution in [0.25, 0.3) is 5.57 Å². The smallest absolute Gasteiger partial charge is 0.282 e. The molecular formula is C27H26N2O2S. The first-order chi connectivity index (χ1) is 15.3. The fourth-order valence-electron chi connectivity index (χ4n) is 4.49. The van der Waals surface area contributed by atoms with Crippen molar-refractivity contribution in [2.24, 2.45) is 0 Å². The van der Waals surface area contributed by atoms with Crippen LogP contribution in [0.5, 0.6) is 0 Å². The van der Waals surface area contributed by atoms with Crippen LogP contribution < -0.4 is 4.90 Å². The second-order valence-electron chi connectivity index (χ2n) is 9.38. The molecule has 1 aromatic heterocycles. The van der Waals surface area contributed by atoms with E-state index in [9.17, 15) is 9.59 Å². The van der Waals surface area contributed by atoms with Crippen LogP contribution in [-0.4, -0.2) is 23.3 Å². The van der Waals surface area contributed by atoms with Crippen LogP contribution >= 0.6 is 11.3 Å². The number of thiophene rings is 1. The number of carbonyl (C=O) groups excluding carboxylic acids is 2. The molecule has 0 aliphatic carbocycles. The number of amides is 2. The second-order valence-corrected chi connectivity index (χ2v) is 10.3. The van der Waals surface area contributed by atoms with Crippen molar-refractivity contribution in [1.82, 2.24) is 4.90 Å². The quantitative estimate of drug-likeness (QED) is 0.511. The van der Waals surface area contributed by atoms with Gasteiger partial charge in [0, 0.05) is 18.0 Å². The van der Waals surface area contributed by atoms with E-state index in [0.29, 0.717) is 23.5 Å². The third-order valence-corrected chi connectivity index (χ3v) is 7.15. The summed E-state index contributed by atoms with van der Waals surface area (Å²) in [7, 11) is 0. The van der Waals surface area contributed by atoms with E-state index >= 15 is 0 Å². The number of nitrogens with zero attached hydrogens (tertiary/aromatic N) is 2. The molecule has 2 aliphatic rings. The molecule has 3 heterocycles. The van der Waals surface area contributed by atoms with Crippen LogP contribution in [0.4, 0.5) is 5.69 Å². The standard InChI is InChI=1S/C27H26N2O2S/c1-27(2,3)20-10-12-21(13-11-20)29-25(30)23(22-9-6-16-32-22)24(26(29)31)28-15-14-18-7-4-5-8-19(18)17-28/h4-13,16H,14-15,17H2,1-3H3. The molecule has 0 fully saturated rings. The molecule has 0 saturated carbocycles. The number of carbonyl (C=O) groups is 2. The number of anilines is 1. The highest BCUT2D eigenvalue weighted by atomic mass is 32.1. The fourth-order valence-corrected chi connectivity index (χ4v) is 5.25. The lowest BCUT2D eigenvalue weighted by atomic mass is 9.87. The van der Waals surface area contributed by atoms with Crippen molar-refractivity contribution in [2.75, 3.05) is 11.4 Å². The van der Waals surface area contributed by atoms with Gasteiger partial charge in [-0.2, -0.15) is 0 Å². The van der Waals surface area contributed by atoms with Gasteiger partial charge in [-0.1, -0.05) is 63.2 Å². The Morgan fingerprint density at radius 3 is 2.22 bits per heavy atom. The molecule has 2 aliphatic heterocycles. The van der Waals surface area contributed by atoms with Crippen molar-refractivity contribution in [1.29, 1.82) is 0 Å². The third kappa shape index (κ3) is 3.47. The largest absolute Gasteiger partial charge is 0.362 e. The van der Waals surface area contributed by atoms with Gasteiger partial charge in [0.15, 0.2) is 0 Å². The SMILES string of the molecule is CC(C)(C)c1ccc(N2C(=O)C(c3cccs3)=C(N3CCc4ccccc4C3)C2=O)cc1. The summed E-state index contributed by atoms with van der Waals surface area (Å²) in [6, 6.07) is 20.0. The maximum atomic E-state index is 13.7. The molecule has 0 atom stereocenters. The van der Waals surface area contributed by atoms with Gasteiger partial charge in [-0.15, -0.1) is 11.3 Å². The van der Waals surface area contributed by atoms with Crippen LogP contribution in [0.2, 0.25) is 0 Å². The average molecular weight is 443 g/mol. The summed E-state index contributed by atoms with van der Waals surface area (Å²) in [5, 5.41) is 1.95. The van der Waals surface area contributed by atoms with E-state index < -0.39 is 0 Å². The minimum Gasteiger partial charge on any atom is -0.362 e. The Kier molecular flexibility index (Phi) is 5.01. The number of fused-ring (bicyclic) bond motifs is 1. The van der Waals surface area contributed by atoms with Gasteiger partial charge in [-0.05, 0) is 52.1 Å². The molecular weight excluding hydrogens is 416 g/mol. The summed E-state index contributed by atoms with van der Waals surface area (Å²) >= 11 is 1.50. The number of hydrogen-bond donors (Lipinski definition) is 0. The first kappa shape index (κ1) is 20.7. The third-order valence-electron chi connectivity index (χ3n) is 6.27. The molecule has 32 heavy (non-hydrogen) atoms. The van der Waals surface area contributed by atoms with Gasteiger partial charge >= 0.3 is 0 Å². The zero-order valence-electron chi connectivity index (χ0n) is 18.6. The van der Waals surface area contributed by atoms with E-state index in [2.05, 4.69) is 43.9 Å². The molecule has 0 unspecified atom stereocenters. The topological polar surface area (TPSA) is 40.6 Å². The molecule has 3 aromatic rings. The van der Waals surface area contributed by atoms with Crippen LogP contribution in [0.15, 0.2) is 71.7 Å². The van der Waals surface area contributed by atoms with E-state index in [1.54, 1.807) is 0 Å². The molecule has 2 amide bonds. The molecule has 0 saturated heterocycles. The van der Waals surface area contributed by atoms with Gasteiger partial charge in [-0.3, -0.25) is 9.59 Å². The zero-order valence-corrected chi connectivity index (χ0v) is 19.4. The molecule has 162 valence electrons. The molecule has 0 N–H and O–H groups in total. The van der Waals surface area contributed by atoms with Crippen molar-refractivity contribution in [3.05, 3.63) is 93.3 Å². The summed E-state index contributed by atoms with van der Waals surface area (Å²) in [4.78, 5) is 31.6. The fraction of sp³-hybridized carbons (Fsp3) is 0.259. The van der Waals surface area contributed by atoms with E-state index in [1.807, 2.05) is 47.8 Å². The number of benzene rings is 2. The maximum Gasteiger partial charge on any atom is 0.282 e. The van der Waals surface area contributed by atoms with E-state index in [4.69, 9.17) is 0 Å². The minimum atomic E-state index is -0.241. The first-order valence-corrected chi connectivity index (χ1v) is 11.8. The van der Waals surface area contributed by atoms with Crippen molar-refractivity contribution in [2.45, 2.75) is 39.2 Å². The molecule has 4 nitrogen and oxygen atoms in total. The summed E-state index contributed by atoms with van der Waals surface area (Å²) < 4.78 is 0. The number of hydrogen-bond acceptors (Lipinski definition) is 4. The van der Waals surface area contributed by atoms with Crippen LogP contribution in [0.1, 0.15) is 42.3 Å². The second kappa shape index (κ2) is 7.75. The summed E-state index contributed by atoms with van der Waals surface area (Å²) in [6.07, 6.45) is 0.860.